The Morgan fingerprint density at radius 3 is 2.58 bits per heavy atom. The van der Waals surface area contributed by atoms with Crippen molar-refractivity contribution in [3.8, 4) is 11.5 Å². The van der Waals surface area contributed by atoms with E-state index in [1.807, 2.05) is 0 Å². The summed E-state index contributed by atoms with van der Waals surface area (Å²) in [4.78, 5) is 11.1. The van der Waals surface area contributed by atoms with Crippen LogP contribution in [0, 0.1) is 12.7 Å². The second kappa shape index (κ2) is 4.97. The summed E-state index contributed by atoms with van der Waals surface area (Å²) in [7, 11) is 0. The van der Waals surface area contributed by atoms with Gasteiger partial charge in [-0.1, -0.05) is 6.07 Å². The predicted octanol–water partition coefficient (Wildman–Crippen LogP) is 2.61. The Bertz CT molecular complexity index is 641. The summed E-state index contributed by atoms with van der Waals surface area (Å²) >= 11 is 0. The summed E-state index contributed by atoms with van der Waals surface area (Å²) < 4.78 is 18.7. The molecule has 0 unspecified atom stereocenters. The van der Waals surface area contributed by atoms with Crippen molar-refractivity contribution in [2.75, 3.05) is 5.73 Å². The molecule has 19 heavy (non-hydrogen) atoms. The predicted molar refractivity (Wildman–Crippen MR) is 70.6 cm³/mol. The first-order valence-electron chi connectivity index (χ1n) is 5.60. The average Bonchev–Trinajstić information content (AvgIpc) is 2.36. The number of hydrogen-bond acceptors (Lipinski definition) is 3. The number of hydrogen-bond donors (Lipinski definition) is 2. The first-order chi connectivity index (χ1) is 8.97. The number of ether oxygens (including phenoxy) is 1. The number of anilines is 1. The molecular weight excluding hydrogens is 247 g/mol. The summed E-state index contributed by atoms with van der Waals surface area (Å²) in [5.74, 6) is -0.385. The van der Waals surface area contributed by atoms with Gasteiger partial charge in [0.2, 0.25) is 5.91 Å². The summed E-state index contributed by atoms with van der Waals surface area (Å²) in [5.41, 5.74) is 12.3. The summed E-state index contributed by atoms with van der Waals surface area (Å²) in [6, 6.07) is 8.64. The zero-order chi connectivity index (χ0) is 14.0. The molecule has 0 aliphatic carbocycles. The lowest BCUT2D eigenvalue weighted by atomic mass is 10.1. The molecule has 0 heterocycles. The van der Waals surface area contributed by atoms with Crippen molar-refractivity contribution in [1.82, 2.24) is 0 Å². The molecule has 4 N–H and O–H groups in total. The molecule has 0 saturated heterocycles. The first-order valence-corrected chi connectivity index (χ1v) is 5.60. The van der Waals surface area contributed by atoms with Gasteiger partial charge in [-0.25, -0.2) is 4.39 Å². The van der Waals surface area contributed by atoms with Gasteiger partial charge >= 0.3 is 0 Å². The second-order valence-corrected chi connectivity index (χ2v) is 4.13. The van der Waals surface area contributed by atoms with Crippen LogP contribution in [0.5, 0.6) is 11.5 Å². The van der Waals surface area contributed by atoms with Gasteiger partial charge in [0.15, 0.2) is 5.75 Å². The molecule has 0 saturated carbocycles. The number of primary amides is 1. The number of halogens is 1. The molecule has 0 aromatic heterocycles. The van der Waals surface area contributed by atoms with Gasteiger partial charge in [-0.3, -0.25) is 4.79 Å². The van der Waals surface area contributed by atoms with Crippen molar-refractivity contribution < 1.29 is 13.9 Å². The number of amides is 1. The highest BCUT2D eigenvalue weighted by Crippen LogP contribution is 2.30. The van der Waals surface area contributed by atoms with E-state index in [-0.39, 0.29) is 11.3 Å². The van der Waals surface area contributed by atoms with E-state index in [1.165, 1.54) is 30.3 Å². The van der Waals surface area contributed by atoms with Crippen LogP contribution in [0.15, 0.2) is 36.4 Å². The molecule has 5 heteroatoms. The Hall–Kier alpha value is -2.56. The Balaban J connectivity index is 2.40. The Morgan fingerprint density at radius 2 is 1.89 bits per heavy atom. The lowest BCUT2D eigenvalue weighted by molar-refractivity contribution is 0.1000. The molecule has 2 aromatic rings. The quantitative estimate of drug-likeness (QED) is 0.832. The van der Waals surface area contributed by atoms with Crippen LogP contribution in [0.2, 0.25) is 0 Å². The van der Waals surface area contributed by atoms with Crippen LogP contribution in [0.1, 0.15) is 15.9 Å². The lowest BCUT2D eigenvalue weighted by Crippen LogP contribution is -2.11. The lowest BCUT2D eigenvalue weighted by Gasteiger charge is -2.11. The summed E-state index contributed by atoms with van der Waals surface area (Å²) in [5, 5.41) is 0. The van der Waals surface area contributed by atoms with Crippen molar-refractivity contribution in [2.45, 2.75) is 6.92 Å². The van der Waals surface area contributed by atoms with Crippen LogP contribution < -0.4 is 16.2 Å². The van der Waals surface area contributed by atoms with Crippen LogP contribution in [-0.4, -0.2) is 5.91 Å². The molecule has 2 aromatic carbocycles. The van der Waals surface area contributed by atoms with Gasteiger partial charge in [0.05, 0.1) is 5.69 Å². The van der Waals surface area contributed by atoms with Crippen molar-refractivity contribution >= 4 is 11.6 Å². The number of nitrogens with two attached hydrogens (primary N) is 2. The van der Waals surface area contributed by atoms with E-state index in [4.69, 9.17) is 16.2 Å². The maximum absolute atomic E-state index is 13.2. The first kappa shape index (κ1) is 12.9. The topological polar surface area (TPSA) is 78.3 Å². The van der Waals surface area contributed by atoms with E-state index < -0.39 is 11.7 Å². The van der Waals surface area contributed by atoms with E-state index in [0.717, 1.165) is 5.56 Å². The zero-order valence-electron chi connectivity index (χ0n) is 10.3. The van der Waals surface area contributed by atoms with Gasteiger partial charge in [-0.15, -0.1) is 0 Å². The molecule has 0 aliphatic rings. The Labute approximate surface area is 109 Å². The number of aryl methyl sites for hydroxylation is 1. The molecule has 0 atom stereocenters. The SMILES string of the molecule is Cc1ccc(F)cc1Oc1cc(C(N)=O)ccc1N. The molecular formula is C14H13FN2O2. The molecule has 0 radical (unpaired) electrons. The van der Waals surface area contributed by atoms with Crippen LogP contribution in [0.25, 0.3) is 0 Å². The van der Waals surface area contributed by atoms with Crippen molar-refractivity contribution in [2.24, 2.45) is 5.73 Å². The van der Waals surface area contributed by atoms with E-state index in [9.17, 15) is 9.18 Å². The van der Waals surface area contributed by atoms with Crippen molar-refractivity contribution in [1.29, 1.82) is 0 Å². The number of nitrogen functional groups attached to an aromatic ring is 1. The minimum absolute atomic E-state index is 0.269. The molecule has 2 rings (SSSR count). The monoisotopic (exact) mass is 260 g/mol. The standard InChI is InChI=1S/C14H13FN2O2/c1-8-2-4-10(15)7-12(8)19-13-6-9(14(17)18)3-5-11(13)16/h2-7H,16H2,1H3,(H2,17,18). The highest BCUT2D eigenvalue weighted by molar-refractivity contribution is 5.93. The fourth-order valence-corrected chi connectivity index (χ4v) is 1.58. The van der Waals surface area contributed by atoms with Gasteiger partial charge in [-0.05, 0) is 36.8 Å². The largest absolute Gasteiger partial charge is 0.455 e. The minimum Gasteiger partial charge on any atom is -0.455 e. The van der Waals surface area contributed by atoms with E-state index in [1.54, 1.807) is 13.0 Å². The Kier molecular flexibility index (Phi) is 3.37. The fraction of sp³-hybridized carbons (Fsp3) is 0.0714. The Morgan fingerprint density at radius 1 is 1.16 bits per heavy atom. The normalized spacial score (nSPS) is 10.2. The number of rotatable bonds is 3. The summed E-state index contributed by atoms with van der Waals surface area (Å²) in [6.07, 6.45) is 0. The fourth-order valence-electron chi connectivity index (χ4n) is 1.58. The third-order valence-corrected chi connectivity index (χ3v) is 2.67. The maximum atomic E-state index is 13.2. The number of benzene rings is 2. The smallest absolute Gasteiger partial charge is 0.248 e. The van der Waals surface area contributed by atoms with Crippen LogP contribution >= 0.6 is 0 Å². The molecule has 0 bridgehead atoms. The van der Waals surface area contributed by atoms with Gasteiger partial charge in [0.1, 0.15) is 11.6 Å². The van der Waals surface area contributed by atoms with E-state index in [0.29, 0.717) is 11.4 Å². The molecule has 0 aliphatic heterocycles. The second-order valence-electron chi connectivity index (χ2n) is 4.13. The maximum Gasteiger partial charge on any atom is 0.248 e. The third-order valence-electron chi connectivity index (χ3n) is 2.67. The number of carbonyl (C=O) groups is 1. The van der Waals surface area contributed by atoms with Crippen LogP contribution in [0.3, 0.4) is 0 Å². The zero-order valence-corrected chi connectivity index (χ0v) is 10.3. The van der Waals surface area contributed by atoms with Crippen molar-refractivity contribution in [3.63, 3.8) is 0 Å². The number of carbonyl (C=O) groups excluding carboxylic acids is 1. The van der Waals surface area contributed by atoms with E-state index in [2.05, 4.69) is 0 Å². The minimum atomic E-state index is -0.583. The van der Waals surface area contributed by atoms with Gasteiger partial charge < -0.3 is 16.2 Å². The van der Waals surface area contributed by atoms with Crippen molar-refractivity contribution in [3.05, 3.63) is 53.3 Å². The van der Waals surface area contributed by atoms with E-state index >= 15 is 0 Å². The van der Waals surface area contributed by atoms with Crippen LogP contribution in [-0.2, 0) is 0 Å². The molecule has 4 nitrogen and oxygen atoms in total. The van der Waals surface area contributed by atoms with Gasteiger partial charge in [0.25, 0.3) is 0 Å². The molecule has 1 amide bonds. The van der Waals surface area contributed by atoms with Gasteiger partial charge in [0, 0.05) is 11.6 Å². The van der Waals surface area contributed by atoms with Gasteiger partial charge in [-0.2, -0.15) is 0 Å². The highest BCUT2D eigenvalue weighted by Gasteiger charge is 2.09. The molecule has 0 spiro atoms. The molecule has 98 valence electrons. The summed E-state index contributed by atoms with van der Waals surface area (Å²) in [6.45, 7) is 1.78. The average molecular weight is 260 g/mol. The van der Waals surface area contributed by atoms with Crippen LogP contribution in [0.4, 0.5) is 10.1 Å². The third kappa shape index (κ3) is 2.82. The molecule has 0 fully saturated rings. The highest BCUT2D eigenvalue weighted by atomic mass is 19.1.